The molecule has 2 rings (SSSR count). The molecule has 2 unspecified atom stereocenters. The summed E-state index contributed by atoms with van der Waals surface area (Å²) in [5.74, 6) is -0.440. The first kappa shape index (κ1) is 12.3. The topological polar surface area (TPSA) is 50.7 Å². The third-order valence-corrected chi connectivity index (χ3v) is 3.38. The molecule has 1 saturated heterocycles. The number of nitrogens with one attached hydrogen (secondary N) is 1. The number of aliphatic hydroxyl groups excluding tert-OH is 1. The zero-order valence-electron chi connectivity index (χ0n) is 10.2. The Morgan fingerprint density at radius 3 is 2.44 bits per heavy atom. The summed E-state index contributed by atoms with van der Waals surface area (Å²) in [6.07, 6.45) is 3.94. The molecule has 2 aliphatic rings. The van der Waals surface area contributed by atoms with Gasteiger partial charge in [0.2, 0.25) is 0 Å². The van der Waals surface area contributed by atoms with E-state index in [4.69, 9.17) is 9.47 Å². The van der Waals surface area contributed by atoms with Crippen molar-refractivity contribution in [2.24, 2.45) is 0 Å². The van der Waals surface area contributed by atoms with Gasteiger partial charge in [0.1, 0.15) is 0 Å². The monoisotopic (exact) mass is 229 g/mol. The Hall–Kier alpha value is -0.160. The maximum absolute atomic E-state index is 9.59. The molecule has 2 fully saturated rings. The number of hydrogen-bond acceptors (Lipinski definition) is 4. The van der Waals surface area contributed by atoms with Crippen molar-refractivity contribution in [2.75, 3.05) is 13.2 Å². The third-order valence-electron chi connectivity index (χ3n) is 3.38. The Labute approximate surface area is 97.3 Å². The van der Waals surface area contributed by atoms with Gasteiger partial charge < -0.3 is 19.9 Å². The van der Waals surface area contributed by atoms with Gasteiger partial charge in [0.05, 0.1) is 25.4 Å². The molecular formula is C12H23NO3. The lowest BCUT2D eigenvalue weighted by atomic mass is 9.92. The van der Waals surface area contributed by atoms with Crippen LogP contribution in [0.5, 0.6) is 0 Å². The van der Waals surface area contributed by atoms with E-state index in [9.17, 15) is 5.11 Å². The number of rotatable bonds is 2. The second-order valence-corrected chi connectivity index (χ2v) is 5.40. The van der Waals surface area contributed by atoms with E-state index in [1.54, 1.807) is 0 Å². The van der Waals surface area contributed by atoms with Crippen molar-refractivity contribution >= 4 is 0 Å². The second-order valence-electron chi connectivity index (χ2n) is 5.40. The molecule has 16 heavy (non-hydrogen) atoms. The number of aliphatic hydroxyl groups is 1. The summed E-state index contributed by atoms with van der Waals surface area (Å²) in [5.41, 5.74) is 0. The largest absolute Gasteiger partial charge is 0.393 e. The highest BCUT2D eigenvalue weighted by Crippen LogP contribution is 2.21. The summed E-state index contributed by atoms with van der Waals surface area (Å²) < 4.78 is 11.2. The Kier molecular flexibility index (Phi) is 3.85. The van der Waals surface area contributed by atoms with Crippen LogP contribution in [0.25, 0.3) is 0 Å². The lowest BCUT2D eigenvalue weighted by Gasteiger charge is -2.38. The number of ether oxygens (including phenoxy) is 2. The van der Waals surface area contributed by atoms with E-state index in [0.29, 0.717) is 19.3 Å². The summed E-state index contributed by atoms with van der Waals surface area (Å²) in [5, 5.41) is 13.1. The van der Waals surface area contributed by atoms with Gasteiger partial charge in [-0.25, -0.2) is 0 Å². The average Bonchev–Trinajstić information content (AvgIpc) is 2.21. The zero-order valence-corrected chi connectivity index (χ0v) is 10.2. The summed E-state index contributed by atoms with van der Waals surface area (Å²) in [6, 6.07) is 0.686. The molecule has 0 aromatic carbocycles. The maximum atomic E-state index is 9.59. The summed E-state index contributed by atoms with van der Waals surface area (Å²) in [6.45, 7) is 5.26. The van der Waals surface area contributed by atoms with Crippen LogP contribution in [0.3, 0.4) is 0 Å². The predicted octanol–water partition coefficient (Wildman–Crippen LogP) is 1.03. The number of hydrogen-bond donors (Lipinski definition) is 2. The summed E-state index contributed by atoms with van der Waals surface area (Å²) >= 11 is 0. The zero-order chi connectivity index (χ0) is 11.6. The lowest BCUT2D eigenvalue weighted by Crippen LogP contribution is -2.52. The SMILES string of the molecule is CC1(C)OCC(NC2CCCC(O)C2)CO1. The minimum atomic E-state index is -0.440. The maximum Gasteiger partial charge on any atom is 0.162 e. The van der Waals surface area contributed by atoms with Crippen LogP contribution in [0.2, 0.25) is 0 Å². The van der Waals surface area contributed by atoms with Crippen molar-refractivity contribution < 1.29 is 14.6 Å². The molecule has 4 nitrogen and oxygen atoms in total. The normalized spacial score (nSPS) is 36.2. The molecule has 0 amide bonds. The van der Waals surface area contributed by atoms with Crippen LogP contribution in [0.1, 0.15) is 39.5 Å². The van der Waals surface area contributed by atoms with Crippen LogP contribution in [-0.4, -0.2) is 42.3 Å². The molecule has 1 heterocycles. The third kappa shape index (κ3) is 3.42. The van der Waals surface area contributed by atoms with Crippen LogP contribution in [0.4, 0.5) is 0 Å². The Morgan fingerprint density at radius 1 is 1.12 bits per heavy atom. The van der Waals surface area contributed by atoms with Gasteiger partial charge >= 0.3 is 0 Å². The van der Waals surface area contributed by atoms with Crippen molar-refractivity contribution in [1.29, 1.82) is 0 Å². The highest BCUT2D eigenvalue weighted by molar-refractivity contribution is 4.82. The van der Waals surface area contributed by atoms with E-state index >= 15 is 0 Å². The lowest BCUT2D eigenvalue weighted by molar-refractivity contribution is -0.253. The molecule has 4 heteroatoms. The Bertz CT molecular complexity index is 222. The van der Waals surface area contributed by atoms with E-state index in [0.717, 1.165) is 25.7 Å². The van der Waals surface area contributed by atoms with E-state index in [1.165, 1.54) is 0 Å². The molecule has 0 radical (unpaired) electrons. The standard InChI is InChI=1S/C12H23NO3/c1-12(2)15-7-10(8-16-12)13-9-4-3-5-11(14)6-9/h9-11,13-14H,3-8H2,1-2H3. The van der Waals surface area contributed by atoms with Crippen molar-refractivity contribution in [3.63, 3.8) is 0 Å². The Morgan fingerprint density at radius 2 is 1.81 bits per heavy atom. The molecule has 94 valence electrons. The van der Waals surface area contributed by atoms with Crippen molar-refractivity contribution in [1.82, 2.24) is 5.32 Å². The first-order valence-electron chi connectivity index (χ1n) is 6.27. The fraction of sp³-hybridized carbons (Fsp3) is 1.00. The van der Waals surface area contributed by atoms with Crippen LogP contribution in [-0.2, 0) is 9.47 Å². The van der Waals surface area contributed by atoms with Gasteiger partial charge in [0, 0.05) is 6.04 Å². The van der Waals surface area contributed by atoms with Gasteiger partial charge in [-0.2, -0.15) is 0 Å². The minimum Gasteiger partial charge on any atom is -0.393 e. The van der Waals surface area contributed by atoms with E-state index in [-0.39, 0.29) is 12.1 Å². The second kappa shape index (κ2) is 5.00. The summed E-state index contributed by atoms with van der Waals surface area (Å²) in [7, 11) is 0. The fourth-order valence-corrected chi connectivity index (χ4v) is 2.44. The van der Waals surface area contributed by atoms with Gasteiger partial charge in [-0.1, -0.05) is 0 Å². The average molecular weight is 229 g/mol. The van der Waals surface area contributed by atoms with Gasteiger partial charge in [-0.05, 0) is 39.5 Å². The van der Waals surface area contributed by atoms with Gasteiger partial charge in [0.25, 0.3) is 0 Å². The van der Waals surface area contributed by atoms with Crippen molar-refractivity contribution in [3.8, 4) is 0 Å². The molecule has 0 bridgehead atoms. The first-order chi connectivity index (χ1) is 7.55. The molecule has 0 spiro atoms. The molecule has 1 aliphatic heterocycles. The van der Waals surface area contributed by atoms with E-state index < -0.39 is 5.79 Å². The van der Waals surface area contributed by atoms with Crippen molar-refractivity contribution in [3.05, 3.63) is 0 Å². The smallest absolute Gasteiger partial charge is 0.162 e. The highest BCUT2D eigenvalue weighted by Gasteiger charge is 2.30. The van der Waals surface area contributed by atoms with Gasteiger partial charge in [-0.3, -0.25) is 0 Å². The highest BCUT2D eigenvalue weighted by atomic mass is 16.7. The quantitative estimate of drug-likeness (QED) is 0.742. The Balaban J connectivity index is 1.74. The predicted molar refractivity (Wildman–Crippen MR) is 61.2 cm³/mol. The molecule has 0 aromatic heterocycles. The van der Waals surface area contributed by atoms with Crippen LogP contribution in [0.15, 0.2) is 0 Å². The molecule has 0 aromatic rings. The summed E-state index contributed by atoms with van der Waals surface area (Å²) in [4.78, 5) is 0. The molecule has 1 aliphatic carbocycles. The van der Waals surface area contributed by atoms with Gasteiger partial charge in [-0.15, -0.1) is 0 Å². The minimum absolute atomic E-state index is 0.131. The molecular weight excluding hydrogens is 206 g/mol. The van der Waals surface area contributed by atoms with E-state index in [2.05, 4.69) is 5.32 Å². The molecule has 2 atom stereocenters. The van der Waals surface area contributed by atoms with Gasteiger partial charge in [0.15, 0.2) is 5.79 Å². The van der Waals surface area contributed by atoms with Crippen LogP contribution < -0.4 is 5.32 Å². The first-order valence-corrected chi connectivity index (χ1v) is 6.27. The van der Waals surface area contributed by atoms with Crippen LogP contribution >= 0.6 is 0 Å². The van der Waals surface area contributed by atoms with E-state index in [1.807, 2.05) is 13.8 Å². The molecule has 1 saturated carbocycles. The van der Waals surface area contributed by atoms with Crippen molar-refractivity contribution in [2.45, 2.75) is 63.5 Å². The molecule has 2 N–H and O–H groups in total. The van der Waals surface area contributed by atoms with Crippen LogP contribution in [0, 0.1) is 0 Å². The fourth-order valence-electron chi connectivity index (χ4n) is 2.44.